The molecule has 1 fully saturated rings. The van der Waals surface area contributed by atoms with E-state index in [1.807, 2.05) is 13.0 Å². The van der Waals surface area contributed by atoms with Gasteiger partial charge < -0.3 is 4.90 Å². The minimum absolute atomic E-state index is 0.266. The minimum atomic E-state index is 0.266. The van der Waals surface area contributed by atoms with Crippen molar-refractivity contribution in [1.29, 1.82) is 0 Å². The van der Waals surface area contributed by atoms with Crippen LogP contribution in [0.25, 0.3) is 0 Å². The summed E-state index contributed by atoms with van der Waals surface area (Å²) in [7, 11) is 0. The van der Waals surface area contributed by atoms with Gasteiger partial charge in [0.15, 0.2) is 5.82 Å². The Hall–Kier alpha value is -0.830. The summed E-state index contributed by atoms with van der Waals surface area (Å²) in [5.74, 6) is 0.947. The summed E-state index contributed by atoms with van der Waals surface area (Å²) in [6.45, 7) is 3.90. The first-order valence-electron chi connectivity index (χ1n) is 4.44. The van der Waals surface area contributed by atoms with E-state index in [0.29, 0.717) is 0 Å². The molecule has 0 spiro atoms. The third-order valence-electron chi connectivity index (χ3n) is 2.23. The van der Waals surface area contributed by atoms with E-state index in [2.05, 4.69) is 15.1 Å². The standard InChI is InChI=1S/C9H12ClN3/c1-7-4-9(12-11-5-7)13-3-2-8(10)6-13/h4-5,8H,2-3,6H2,1H3. The number of aryl methyl sites for hydroxylation is 1. The van der Waals surface area contributed by atoms with Gasteiger partial charge in [-0.2, -0.15) is 5.10 Å². The summed E-state index contributed by atoms with van der Waals surface area (Å²) in [6.07, 6.45) is 2.80. The molecule has 3 nitrogen and oxygen atoms in total. The van der Waals surface area contributed by atoms with Crippen molar-refractivity contribution in [2.45, 2.75) is 18.7 Å². The predicted molar refractivity (Wildman–Crippen MR) is 53.2 cm³/mol. The second kappa shape index (κ2) is 3.50. The zero-order chi connectivity index (χ0) is 9.26. The Kier molecular flexibility index (Phi) is 2.36. The molecule has 13 heavy (non-hydrogen) atoms. The zero-order valence-electron chi connectivity index (χ0n) is 7.57. The van der Waals surface area contributed by atoms with Gasteiger partial charge in [0.1, 0.15) is 0 Å². The number of alkyl halides is 1. The van der Waals surface area contributed by atoms with Crippen LogP contribution in [0.4, 0.5) is 5.82 Å². The van der Waals surface area contributed by atoms with Crippen LogP contribution < -0.4 is 4.90 Å². The molecule has 1 aromatic heterocycles. The average Bonchev–Trinajstić information content (AvgIpc) is 2.52. The molecule has 1 aliphatic rings. The number of halogens is 1. The molecule has 70 valence electrons. The first-order chi connectivity index (χ1) is 6.25. The Morgan fingerprint density at radius 2 is 2.46 bits per heavy atom. The average molecular weight is 198 g/mol. The molecule has 1 unspecified atom stereocenters. The number of rotatable bonds is 1. The van der Waals surface area contributed by atoms with Gasteiger partial charge in [-0.05, 0) is 25.0 Å². The Morgan fingerprint density at radius 3 is 3.08 bits per heavy atom. The molecule has 0 bridgehead atoms. The maximum atomic E-state index is 6.01. The van der Waals surface area contributed by atoms with Crippen molar-refractivity contribution in [2.24, 2.45) is 0 Å². The molecule has 1 atom stereocenters. The van der Waals surface area contributed by atoms with Gasteiger partial charge in [-0.15, -0.1) is 16.7 Å². The molecular weight excluding hydrogens is 186 g/mol. The van der Waals surface area contributed by atoms with Crippen molar-refractivity contribution in [1.82, 2.24) is 10.2 Å². The van der Waals surface area contributed by atoms with Crippen LogP contribution in [0, 0.1) is 6.92 Å². The highest BCUT2D eigenvalue weighted by molar-refractivity contribution is 6.21. The summed E-state index contributed by atoms with van der Waals surface area (Å²) >= 11 is 6.01. The summed E-state index contributed by atoms with van der Waals surface area (Å²) < 4.78 is 0. The molecule has 0 aromatic carbocycles. The molecule has 1 saturated heterocycles. The van der Waals surface area contributed by atoms with E-state index in [-0.39, 0.29) is 5.38 Å². The van der Waals surface area contributed by atoms with Gasteiger partial charge in [0, 0.05) is 13.1 Å². The summed E-state index contributed by atoms with van der Waals surface area (Å²) in [5.41, 5.74) is 1.14. The lowest BCUT2D eigenvalue weighted by atomic mass is 10.3. The summed E-state index contributed by atoms with van der Waals surface area (Å²) in [6, 6.07) is 2.04. The summed E-state index contributed by atoms with van der Waals surface area (Å²) in [4.78, 5) is 2.18. The Bertz CT molecular complexity index is 303. The number of aromatic nitrogens is 2. The predicted octanol–water partition coefficient (Wildman–Crippen LogP) is 1.60. The number of nitrogens with zero attached hydrogens (tertiary/aromatic N) is 3. The molecule has 1 aliphatic heterocycles. The highest BCUT2D eigenvalue weighted by atomic mass is 35.5. The van der Waals surface area contributed by atoms with Gasteiger partial charge in [-0.3, -0.25) is 0 Å². The van der Waals surface area contributed by atoms with Gasteiger partial charge in [-0.25, -0.2) is 0 Å². The summed E-state index contributed by atoms with van der Waals surface area (Å²) in [5, 5.41) is 8.26. The van der Waals surface area contributed by atoms with Gasteiger partial charge in [0.05, 0.1) is 11.6 Å². The molecule has 0 amide bonds. The van der Waals surface area contributed by atoms with Crippen molar-refractivity contribution in [3.63, 3.8) is 0 Å². The molecule has 0 aliphatic carbocycles. The molecule has 0 saturated carbocycles. The van der Waals surface area contributed by atoms with E-state index in [0.717, 1.165) is 30.9 Å². The minimum Gasteiger partial charge on any atom is -0.354 e. The fourth-order valence-corrected chi connectivity index (χ4v) is 1.79. The fourth-order valence-electron chi connectivity index (χ4n) is 1.53. The molecule has 2 heterocycles. The number of hydrogen-bond donors (Lipinski definition) is 0. The van der Waals surface area contributed by atoms with Crippen LogP contribution in [0.2, 0.25) is 0 Å². The lowest BCUT2D eigenvalue weighted by Gasteiger charge is -2.15. The fraction of sp³-hybridized carbons (Fsp3) is 0.556. The molecule has 4 heteroatoms. The highest BCUT2D eigenvalue weighted by Crippen LogP contribution is 2.20. The molecule has 0 radical (unpaired) electrons. The van der Waals surface area contributed by atoms with E-state index >= 15 is 0 Å². The lowest BCUT2D eigenvalue weighted by molar-refractivity contribution is 0.889. The van der Waals surface area contributed by atoms with Crippen molar-refractivity contribution < 1.29 is 0 Å². The Balaban J connectivity index is 2.16. The van der Waals surface area contributed by atoms with E-state index in [1.54, 1.807) is 6.20 Å². The lowest BCUT2D eigenvalue weighted by Crippen LogP contribution is -2.21. The Morgan fingerprint density at radius 1 is 1.62 bits per heavy atom. The highest BCUT2D eigenvalue weighted by Gasteiger charge is 2.21. The van der Waals surface area contributed by atoms with Gasteiger partial charge in [0.25, 0.3) is 0 Å². The van der Waals surface area contributed by atoms with Crippen LogP contribution in [0.15, 0.2) is 12.3 Å². The first-order valence-corrected chi connectivity index (χ1v) is 4.88. The van der Waals surface area contributed by atoms with E-state index in [1.165, 1.54) is 0 Å². The van der Waals surface area contributed by atoms with Crippen LogP contribution in [0.5, 0.6) is 0 Å². The zero-order valence-corrected chi connectivity index (χ0v) is 8.33. The third-order valence-corrected chi connectivity index (χ3v) is 2.59. The van der Waals surface area contributed by atoms with Crippen molar-refractivity contribution >= 4 is 17.4 Å². The normalized spacial score (nSPS) is 22.3. The van der Waals surface area contributed by atoms with E-state index in [4.69, 9.17) is 11.6 Å². The van der Waals surface area contributed by atoms with E-state index in [9.17, 15) is 0 Å². The SMILES string of the molecule is Cc1cnnc(N2CCC(Cl)C2)c1. The molecule has 0 N–H and O–H groups in total. The van der Waals surface area contributed by atoms with Gasteiger partial charge in [-0.1, -0.05) is 0 Å². The molecular formula is C9H12ClN3. The monoisotopic (exact) mass is 197 g/mol. The van der Waals surface area contributed by atoms with Crippen molar-refractivity contribution in [3.05, 3.63) is 17.8 Å². The largest absolute Gasteiger partial charge is 0.354 e. The second-order valence-electron chi connectivity index (χ2n) is 3.42. The van der Waals surface area contributed by atoms with Crippen molar-refractivity contribution in [2.75, 3.05) is 18.0 Å². The topological polar surface area (TPSA) is 29.0 Å². The number of hydrogen-bond acceptors (Lipinski definition) is 3. The van der Waals surface area contributed by atoms with Gasteiger partial charge in [0.2, 0.25) is 0 Å². The van der Waals surface area contributed by atoms with Crippen molar-refractivity contribution in [3.8, 4) is 0 Å². The maximum absolute atomic E-state index is 6.01. The smallest absolute Gasteiger partial charge is 0.151 e. The Labute approximate surface area is 82.7 Å². The molecule has 1 aromatic rings. The number of anilines is 1. The van der Waals surface area contributed by atoms with Crippen LogP contribution in [0.1, 0.15) is 12.0 Å². The van der Waals surface area contributed by atoms with Crippen LogP contribution >= 0.6 is 11.6 Å². The third kappa shape index (κ3) is 1.91. The first kappa shape index (κ1) is 8.75. The van der Waals surface area contributed by atoms with Crippen LogP contribution in [-0.2, 0) is 0 Å². The van der Waals surface area contributed by atoms with Gasteiger partial charge >= 0.3 is 0 Å². The molecule has 2 rings (SSSR count). The van der Waals surface area contributed by atoms with E-state index < -0.39 is 0 Å². The second-order valence-corrected chi connectivity index (χ2v) is 4.04. The van der Waals surface area contributed by atoms with Crippen LogP contribution in [-0.4, -0.2) is 28.7 Å². The van der Waals surface area contributed by atoms with Crippen LogP contribution in [0.3, 0.4) is 0 Å². The quantitative estimate of drug-likeness (QED) is 0.641. The maximum Gasteiger partial charge on any atom is 0.151 e.